The van der Waals surface area contributed by atoms with E-state index in [0.29, 0.717) is 6.04 Å². The molecule has 2 saturated heterocycles. The first-order valence-corrected chi connectivity index (χ1v) is 10.7. The Morgan fingerprint density at radius 2 is 2.08 bits per heavy atom. The first-order valence-electron chi connectivity index (χ1n) is 9.92. The summed E-state index contributed by atoms with van der Waals surface area (Å²) >= 11 is 1.71. The van der Waals surface area contributed by atoms with E-state index in [0.717, 1.165) is 53.6 Å². The fourth-order valence-corrected chi connectivity index (χ4v) is 5.19. The Balaban J connectivity index is 1.43. The molecule has 140 valence electrons. The van der Waals surface area contributed by atoms with Crippen LogP contribution in [0.25, 0.3) is 10.2 Å². The van der Waals surface area contributed by atoms with Crippen LogP contribution in [0, 0.1) is 0 Å². The molecule has 5 nitrogen and oxygen atoms in total. The number of anilines is 1. The Bertz CT molecular complexity index is 768. The maximum atomic E-state index is 12.6. The van der Waals surface area contributed by atoms with Gasteiger partial charge in [-0.15, -0.1) is 0 Å². The van der Waals surface area contributed by atoms with Crippen LogP contribution in [-0.4, -0.2) is 54.6 Å². The molecule has 0 saturated carbocycles. The molecule has 1 amide bonds. The molecule has 4 rings (SSSR count). The number of likely N-dealkylation sites (N-methyl/N-ethyl adjacent to an activating group) is 1. The molecule has 0 radical (unpaired) electrons. The number of fused-ring (bicyclic) bond motifs is 1. The number of carbonyl (C=O) groups is 1. The summed E-state index contributed by atoms with van der Waals surface area (Å²) in [5, 5.41) is 4.23. The van der Waals surface area contributed by atoms with Crippen molar-refractivity contribution < 1.29 is 4.79 Å². The number of aromatic nitrogens is 1. The highest BCUT2D eigenvalue weighted by molar-refractivity contribution is 7.22. The Morgan fingerprint density at radius 3 is 2.88 bits per heavy atom. The van der Waals surface area contributed by atoms with Crippen molar-refractivity contribution in [2.24, 2.45) is 0 Å². The lowest BCUT2D eigenvalue weighted by Gasteiger charge is -2.25. The minimum absolute atomic E-state index is 0.0303. The van der Waals surface area contributed by atoms with E-state index in [1.165, 1.54) is 32.1 Å². The molecule has 0 bridgehead atoms. The number of amides is 1. The molecule has 1 aromatic heterocycles. The molecule has 1 aromatic carbocycles. The highest BCUT2D eigenvalue weighted by atomic mass is 32.1. The summed E-state index contributed by atoms with van der Waals surface area (Å²) in [6.07, 6.45) is 6.24. The third-order valence-corrected chi connectivity index (χ3v) is 6.75. The second-order valence-corrected chi connectivity index (χ2v) is 8.37. The first kappa shape index (κ1) is 17.7. The first-order chi connectivity index (χ1) is 12.7. The molecule has 1 unspecified atom stereocenters. The van der Waals surface area contributed by atoms with Crippen molar-refractivity contribution in [3.05, 3.63) is 23.8 Å². The molecule has 3 heterocycles. The highest BCUT2D eigenvalue weighted by Gasteiger charge is 2.23. The lowest BCUT2D eigenvalue weighted by molar-refractivity contribution is 0.0941. The number of likely N-dealkylation sites (tertiary alicyclic amines) is 1. The van der Waals surface area contributed by atoms with Crippen molar-refractivity contribution in [1.29, 1.82) is 0 Å². The molecule has 1 atom stereocenters. The molecule has 6 heteroatoms. The second kappa shape index (κ2) is 7.92. The van der Waals surface area contributed by atoms with Crippen molar-refractivity contribution in [3.8, 4) is 0 Å². The number of thiazole rings is 1. The molecule has 2 aliphatic rings. The molecule has 2 aromatic rings. The zero-order valence-electron chi connectivity index (χ0n) is 15.5. The molecule has 0 aliphatic carbocycles. The normalized spacial score (nSPS) is 21.4. The monoisotopic (exact) mass is 372 g/mol. The summed E-state index contributed by atoms with van der Waals surface area (Å²) in [5.41, 5.74) is 1.74. The van der Waals surface area contributed by atoms with Crippen LogP contribution in [-0.2, 0) is 0 Å². The zero-order valence-corrected chi connectivity index (χ0v) is 16.4. The fourth-order valence-electron chi connectivity index (χ4n) is 4.13. The molecular formula is C20H28N4OS. The number of piperidine rings is 1. The van der Waals surface area contributed by atoms with Gasteiger partial charge in [0.05, 0.1) is 10.2 Å². The van der Waals surface area contributed by atoms with Crippen molar-refractivity contribution in [1.82, 2.24) is 15.2 Å². The van der Waals surface area contributed by atoms with E-state index in [-0.39, 0.29) is 5.91 Å². The maximum Gasteiger partial charge on any atom is 0.251 e. The van der Waals surface area contributed by atoms with Crippen LogP contribution < -0.4 is 10.2 Å². The van der Waals surface area contributed by atoms with Gasteiger partial charge in [0.1, 0.15) is 0 Å². The van der Waals surface area contributed by atoms with E-state index < -0.39 is 0 Å². The SMILES string of the molecule is CCN1CCCC1CNC(=O)c1ccc2nc(N3CCCCC3)sc2c1. The smallest absolute Gasteiger partial charge is 0.251 e. The molecule has 2 fully saturated rings. The third-order valence-electron chi connectivity index (χ3n) is 5.67. The minimum Gasteiger partial charge on any atom is -0.350 e. The van der Waals surface area contributed by atoms with Gasteiger partial charge in [-0.05, 0) is 63.4 Å². The third kappa shape index (κ3) is 3.71. The van der Waals surface area contributed by atoms with Gasteiger partial charge in [0.25, 0.3) is 5.91 Å². The largest absolute Gasteiger partial charge is 0.350 e. The van der Waals surface area contributed by atoms with Crippen molar-refractivity contribution in [2.45, 2.75) is 45.1 Å². The summed E-state index contributed by atoms with van der Waals surface area (Å²) in [4.78, 5) is 22.2. The van der Waals surface area contributed by atoms with E-state index in [9.17, 15) is 4.79 Å². The minimum atomic E-state index is 0.0303. The number of benzene rings is 1. The number of rotatable bonds is 5. The maximum absolute atomic E-state index is 12.6. The molecule has 2 aliphatic heterocycles. The topological polar surface area (TPSA) is 48.5 Å². The van der Waals surface area contributed by atoms with Gasteiger partial charge in [0.15, 0.2) is 5.13 Å². The van der Waals surface area contributed by atoms with Crippen LogP contribution >= 0.6 is 11.3 Å². The van der Waals surface area contributed by atoms with Gasteiger partial charge in [-0.2, -0.15) is 0 Å². The predicted molar refractivity (Wildman–Crippen MR) is 108 cm³/mol. The lowest BCUT2D eigenvalue weighted by atomic mass is 10.1. The summed E-state index contributed by atoms with van der Waals surface area (Å²) in [6, 6.07) is 6.38. The summed E-state index contributed by atoms with van der Waals surface area (Å²) in [6.45, 7) is 7.35. The van der Waals surface area contributed by atoms with Gasteiger partial charge >= 0.3 is 0 Å². The van der Waals surface area contributed by atoms with Gasteiger partial charge in [-0.25, -0.2) is 4.98 Å². The van der Waals surface area contributed by atoms with Crippen LogP contribution in [0.4, 0.5) is 5.13 Å². The van der Waals surface area contributed by atoms with Crippen molar-refractivity contribution in [3.63, 3.8) is 0 Å². The standard InChI is InChI=1S/C20H28N4OS/c1-2-23-12-6-7-16(23)14-21-19(25)15-8-9-17-18(13-15)26-20(22-17)24-10-4-3-5-11-24/h8-9,13,16H,2-7,10-12,14H2,1H3,(H,21,25). The number of carbonyl (C=O) groups excluding carboxylic acids is 1. The van der Waals surface area contributed by atoms with E-state index in [2.05, 4.69) is 22.0 Å². The van der Waals surface area contributed by atoms with Crippen LogP contribution in [0.3, 0.4) is 0 Å². The van der Waals surface area contributed by atoms with Crippen LogP contribution in [0.5, 0.6) is 0 Å². The average Bonchev–Trinajstić information content (AvgIpc) is 3.32. The van der Waals surface area contributed by atoms with Gasteiger partial charge < -0.3 is 10.2 Å². The lowest BCUT2D eigenvalue weighted by Crippen LogP contribution is -2.40. The summed E-state index contributed by atoms with van der Waals surface area (Å²) < 4.78 is 1.11. The highest BCUT2D eigenvalue weighted by Crippen LogP contribution is 2.31. The van der Waals surface area contributed by atoms with Crippen LogP contribution in [0.1, 0.15) is 49.4 Å². The number of hydrogen-bond donors (Lipinski definition) is 1. The predicted octanol–water partition coefficient (Wildman–Crippen LogP) is 3.50. The summed E-state index contributed by atoms with van der Waals surface area (Å²) in [5.74, 6) is 0.0303. The Hall–Kier alpha value is -1.66. The Kier molecular flexibility index (Phi) is 5.41. The number of hydrogen-bond acceptors (Lipinski definition) is 5. The molecule has 1 N–H and O–H groups in total. The number of nitrogens with zero attached hydrogens (tertiary/aromatic N) is 3. The summed E-state index contributed by atoms with van der Waals surface area (Å²) in [7, 11) is 0. The van der Waals surface area contributed by atoms with Crippen LogP contribution in [0.15, 0.2) is 18.2 Å². The fraction of sp³-hybridized carbons (Fsp3) is 0.600. The second-order valence-electron chi connectivity index (χ2n) is 7.36. The van der Waals surface area contributed by atoms with E-state index in [1.807, 2.05) is 18.2 Å². The molecule has 26 heavy (non-hydrogen) atoms. The average molecular weight is 373 g/mol. The van der Waals surface area contributed by atoms with Crippen LogP contribution in [0.2, 0.25) is 0 Å². The molecular weight excluding hydrogens is 344 g/mol. The zero-order chi connectivity index (χ0) is 17.9. The Labute approximate surface area is 159 Å². The van der Waals surface area contributed by atoms with Gasteiger partial charge in [-0.3, -0.25) is 9.69 Å². The van der Waals surface area contributed by atoms with Gasteiger partial charge in [-0.1, -0.05) is 18.3 Å². The van der Waals surface area contributed by atoms with Crippen molar-refractivity contribution in [2.75, 3.05) is 37.6 Å². The number of nitrogens with one attached hydrogen (secondary N) is 1. The van der Waals surface area contributed by atoms with Gasteiger partial charge in [0.2, 0.25) is 0 Å². The molecule has 0 spiro atoms. The van der Waals surface area contributed by atoms with E-state index in [4.69, 9.17) is 4.98 Å². The quantitative estimate of drug-likeness (QED) is 0.873. The van der Waals surface area contributed by atoms with Crippen molar-refractivity contribution >= 4 is 32.6 Å². The van der Waals surface area contributed by atoms with E-state index >= 15 is 0 Å². The van der Waals surface area contributed by atoms with Gasteiger partial charge in [0, 0.05) is 31.2 Å². The van der Waals surface area contributed by atoms with E-state index in [1.54, 1.807) is 11.3 Å². The Morgan fingerprint density at radius 1 is 1.23 bits per heavy atom.